The number of aromatic nitrogens is 4. The summed E-state index contributed by atoms with van der Waals surface area (Å²) in [6.45, 7) is 5.31. The summed E-state index contributed by atoms with van der Waals surface area (Å²) >= 11 is 0. The molecule has 1 aromatic rings. The van der Waals surface area contributed by atoms with E-state index in [1.165, 1.54) is 5.56 Å². The number of fused-ring (bicyclic) bond motifs is 3. The molecule has 0 amide bonds. The third-order valence-corrected chi connectivity index (χ3v) is 5.82. The highest BCUT2D eigenvalue weighted by atomic mass is 35.5. The summed E-state index contributed by atoms with van der Waals surface area (Å²) in [6, 6.07) is 10.5. The normalized spacial score (nSPS) is 16.0. The van der Waals surface area contributed by atoms with Crippen LogP contribution in [-0.2, 0) is 25.9 Å². The fourth-order valence-corrected chi connectivity index (χ4v) is 4.21. The number of benzene rings is 1. The van der Waals surface area contributed by atoms with E-state index in [4.69, 9.17) is 9.97 Å². The minimum Gasteiger partial charge on any atom is -0.393 e. The van der Waals surface area contributed by atoms with Gasteiger partial charge in [0, 0.05) is 25.6 Å². The number of nitrogens with zero attached hydrogens (tertiary/aromatic N) is 4. The van der Waals surface area contributed by atoms with E-state index >= 15 is 0 Å². The molecule has 0 radical (unpaired) electrons. The van der Waals surface area contributed by atoms with Crippen molar-refractivity contribution in [1.82, 2.24) is 19.1 Å². The van der Waals surface area contributed by atoms with Crippen molar-refractivity contribution in [2.24, 2.45) is 0 Å². The number of halogens is 1. The van der Waals surface area contributed by atoms with Crippen LogP contribution >= 0.6 is 12.4 Å². The Balaban J connectivity index is 0.00000272. The molecule has 31 heavy (non-hydrogen) atoms. The van der Waals surface area contributed by atoms with Crippen molar-refractivity contribution in [3.8, 4) is 11.5 Å². The second-order valence-electron chi connectivity index (χ2n) is 8.19. The highest BCUT2D eigenvalue weighted by molar-refractivity contribution is 5.85. The van der Waals surface area contributed by atoms with Gasteiger partial charge in [-0.2, -0.15) is 0 Å². The second-order valence-corrected chi connectivity index (χ2v) is 8.19. The van der Waals surface area contributed by atoms with E-state index in [0.717, 1.165) is 49.4 Å². The lowest BCUT2D eigenvalue weighted by Gasteiger charge is -2.13. The monoisotopic (exact) mass is 445 g/mol. The van der Waals surface area contributed by atoms with E-state index in [1.807, 2.05) is 29.7 Å². The van der Waals surface area contributed by atoms with Crippen LogP contribution in [-0.4, -0.2) is 36.4 Å². The molecule has 0 fully saturated rings. The van der Waals surface area contributed by atoms with Gasteiger partial charge < -0.3 is 10.4 Å². The van der Waals surface area contributed by atoms with Crippen LogP contribution in [0.3, 0.4) is 0 Å². The second kappa shape index (κ2) is 10.3. The van der Waals surface area contributed by atoms with E-state index in [0.29, 0.717) is 25.3 Å². The lowest BCUT2D eigenvalue weighted by atomic mass is 10.1. The molecule has 0 saturated carbocycles. The third kappa shape index (κ3) is 4.93. The van der Waals surface area contributed by atoms with Crippen LogP contribution in [0, 0.1) is 0 Å². The summed E-state index contributed by atoms with van der Waals surface area (Å²) in [4.78, 5) is 22.7. The molecular formula is C23H32ClN5O2. The van der Waals surface area contributed by atoms with Gasteiger partial charge in [0.1, 0.15) is 17.3 Å². The zero-order chi connectivity index (χ0) is 21.1. The number of hydrogen-bond donors (Lipinski definition) is 2. The van der Waals surface area contributed by atoms with Crippen LogP contribution < -0.4 is 11.0 Å². The fourth-order valence-electron chi connectivity index (χ4n) is 4.21. The Morgan fingerprint density at radius 2 is 2.00 bits per heavy atom. The van der Waals surface area contributed by atoms with Crippen molar-refractivity contribution in [2.75, 3.05) is 5.32 Å². The maximum atomic E-state index is 13.2. The largest absolute Gasteiger partial charge is 0.393 e. The Hall–Kier alpha value is -2.38. The molecule has 1 unspecified atom stereocenters. The van der Waals surface area contributed by atoms with Gasteiger partial charge in [0.2, 0.25) is 0 Å². The first-order chi connectivity index (χ1) is 14.6. The van der Waals surface area contributed by atoms with Crippen molar-refractivity contribution in [3.05, 3.63) is 52.2 Å². The number of anilines is 1. The van der Waals surface area contributed by atoms with Crippen LogP contribution in [0.1, 0.15) is 50.9 Å². The molecular weight excluding hydrogens is 414 g/mol. The predicted molar refractivity (Wildman–Crippen MR) is 125 cm³/mol. The van der Waals surface area contributed by atoms with Crippen molar-refractivity contribution < 1.29 is 5.11 Å². The molecule has 0 bridgehead atoms. The summed E-state index contributed by atoms with van der Waals surface area (Å²) in [5, 5.41) is 13.3. The summed E-state index contributed by atoms with van der Waals surface area (Å²) < 4.78 is 3.59. The predicted octanol–water partition coefficient (Wildman–Crippen LogP) is 3.51. The summed E-state index contributed by atoms with van der Waals surface area (Å²) in [5.74, 6) is 2.21. The van der Waals surface area contributed by atoms with E-state index < -0.39 is 0 Å². The van der Waals surface area contributed by atoms with Crippen molar-refractivity contribution in [3.63, 3.8) is 0 Å². The zero-order valence-electron chi connectivity index (χ0n) is 18.3. The van der Waals surface area contributed by atoms with Crippen LogP contribution in [0.25, 0.3) is 11.5 Å². The number of hydrogen-bond acceptors (Lipinski definition) is 5. The van der Waals surface area contributed by atoms with E-state index in [1.54, 1.807) is 4.57 Å². The zero-order valence-corrected chi connectivity index (χ0v) is 19.1. The molecule has 1 aromatic carbocycles. The highest BCUT2D eigenvalue weighted by Gasteiger charge is 2.31. The van der Waals surface area contributed by atoms with E-state index in [9.17, 15) is 9.90 Å². The highest BCUT2D eigenvalue weighted by Crippen LogP contribution is 2.31. The van der Waals surface area contributed by atoms with Gasteiger partial charge in [0.25, 0.3) is 0 Å². The number of nitrogens with one attached hydrogen (secondary N) is 1. The standard InChI is InChI=1S/C23H31N5O2.ClH/c1-3-13-27-22-20(25-19(26-22)12-8-11-18(29)4-2)21-24-17(15-28(21)23(27)30)14-16-9-6-5-7-10-16;/h5-7,9-10,17-18,24,29H,3-4,8,11-15H2,1-2H3;1H/t17-,18?;/m1./s1. The number of aliphatic hydroxyl groups is 1. The van der Waals surface area contributed by atoms with Gasteiger partial charge in [0.15, 0.2) is 5.82 Å². The Morgan fingerprint density at radius 3 is 2.71 bits per heavy atom. The Kier molecular flexibility index (Phi) is 7.73. The number of rotatable bonds is 9. The van der Waals surface area contributed by atoms with E-state index in [-0.39, 0.29) is 30.2 Å². The van der Waals surface area contributed by atoms with Gasteiger partial charge in [0.05, 0.1) is 6.10 Å². The SMILES string of the molecule is CCCn1c2nc(CCCC(O)CC)nc-2c2n(c1=O)C[C@@H](Cc1ccccc1)N2.Cl. The Bertz CT molecular complexity index is 1020. The maximum absolute atomic E-state index is 13.2. The molecule has 2 atom stereocenters. The minimum atomic E-state index is -0.270. The van der Waals surface area contributed by atoms with Crippen LogP contribution in [0.5, 0.6) is 0 Å². The molecule has 3 aliphatic rings. The molecule has 0 aromatic heterocycles. The smallest absolute Gasteiger partial charge is 0.331 e. The first-order valence-corrected chi connectivity index (χ1v) is 11.1. The molecule has 0 saturated heterocycles. The average molecular weight is 446 g/mol. The summed E-state index contributed by atoms with van der Waals surface area (Å²) in [7, 11) is 0. The molecule has 168 valence electrons. The molecule has 3 heterocycles. The first-order valence-electron chi connectivity index (χ1n) is 11.1. The quantitative estimate of drug-likeness (QED) is 0.526. The topological polar surface area (TPSA) is 85.0 Å². The molecule has 0 aliphatic carbocycles. The summed E-state index contributed by atoms with van der Waals surface area (Å²) in [5.41, 5.74) is 2.01. The summed E-state index contributed by atoms with van der Waals surface area (Å²) in [6.07, 6.45) is 4.49. The number of imidazole rings is 1. The van der Waals surface area contributed by atoms with Gasteiger partial charge >= 0.3 is 5.69 Å². The average Bonchev–Trinajstić information content (AvgIpc) is 3.36. The van der Waals surface area contributed by atoms with Crippen molar-refractivity contribution >= 4 is 18.2 Å². The van der Waals surface area contributed by atoms with Gasteiger partial charge in [-0.25, -0.2) is 14.8 Å². The van der Waals surface area contributed by atoms with Crippen molar-refractivity contribution in [1.29, 1.82) is 0 Å². The molecule has 8 heteroatoms. The van der Waals surface area contributed by atoms with Crippen LogP contribution in [0.15, 0.2) is 35.1 Å². The lowest BCUT2D eigenvalue weighted by molar-refractivity contribution is 0.157. The van der Waals surface area contributed by atoms with Gasteiger partial charge in [-0.05, 0) is 37.7 Å². The number of aliphatic hydroxyl groups excluding tert-OH is 1. The van der Waals surface area contributed by atoms with Gasteiger partial charge in [-0.3, -0.25) is 9.13 Å². The Morgan fingerprint density at radius 1 is 1.23 bits per heavy atom. The first kappa shape index (κ1) is 23.3. The molecule has 3 aliphatic heterocycles. The van der Waals surface area contributed by atoms with Gasteiger partial charge in [-0.1, -0.05) is 44.2 Å². The molecule has 4 rings (SSSR count). The van der Waals surface area contributed by atoms with Gasteiger partial charge in [-0.15, -0.1) is 12.4 Å². The van der Waals surface area contributed by atoms with Crippen LogP contribution in [0.4, 0.5) is 5.82 Å². The molecule has 2 N–H and O–H groups in total. The molecule has 0 spiro atoms. The minimum absolute atomic E-state index is 0. The van der Waals surface area contributed by atoms with E-state index in [2.05, 4.69) is 24.4 Å². The number of aryl methyl sites for hydroxylation is 1. The third-order valence-electron chi connectivity index (χ3n) is 5.82. The molecule has 7 nitrogen and oxygen atoms in total. The lowest BCUT2D eigenvalue weighted by Crippen LogP contribution is -2.32. The Labute approximate surface area is 189 Å². The maximum Gasteiger partial charge on any atom is 0.331 e. The fraction of sp³-hybridized carbons (Fsp3) is 0.522. The van der Waals surface area contributed by atoms with Crippen molar-refractivity contribution in [2.45, 2.75) is 77.6 Å². The van der Waals surface area contributed by atoms with Crippen LogP contribution in [0.2, 0.25) is 0 Å².